The van der Waals surface area contributed by atoms with Crippen molar-refractivity contribution in [1.82, 2.24) is 5.32 Å². The Morgan fingerprint density at radius 3 is 2.69 bits per heavy atom. The Balaban J connectivity index is 2.56. The first-order valence-electron chi connectivity index (χ1n) is 3.99. The molecule has 0 heterocycles. The molecule has 13 heavy (non-hydrogen) atoms. The quantitative estimate of drug-likeness (QED) is 0.601. The normalized spacial score (nSPS) is 10.4. The minimum Gasteiger partial charge on any atom is -0.381 e. The molecule has 0 saturated carbocycles. The average molecular weight is 220 g/mol. The van der Waals surface area contributed by atoms with E-state index in [2.05, 4.69) is 5.32 Å². The molecule has 1 aromatic rings. The van der Waals surface area contributed by atoms with Crippen LogP contribution in [0.3, 0.4) is 0 Å². The number of hydrogen-bond acceptors (Lipinski definition) is 2. The monoisotopic (exact) mass is 219 g/mol. The Labute approximate surface area is 87.5 Å². The lowest BCUT2D eigenvalue weighted by atomic mass is 10.1. The van der Waals surface area contributed by atoms with Gasteiger partial charge in [-0.15, -0.1) is 0 Å². The first-order chi connectivity index (χ1) is 6.24. The third-order valence-corrected chi connectivity index (χ3v) is 2.28. The standard InChI is InChI=1S/C9H11Cl2NO/c10-8-2-1-7(9(11)5-8)3-4-12-6-13/h1-2,5,12-13H,3-4,6H2. The molecule has 4 heteroatoms. The van der Waals surface area contributed by atoms with E-state index >= 15 is 0 Å². The van der Waals surface area contributed by atoms with Crippen LogP contribution in [-0.2, 0) is 6.42 Å². The molecule has 72 valence electrons. The van der Waals surface area contributed by atoms with Gasteiger partial charge in [-0.25, -0.2) is 0 Å². The van der Waals surface area contributed by atoms with Crippen molar-refractivity contribution in [2.24, 2.45) is 0 Å². The highest BCUT2D eigenvalue weighted by atomic mass is 35.5. The van der Waals surface area contributed by atoms with E-state index < -0.39 is 0 Å². The van der Waals surface area contributed by atoms with Gasteiger partial charge in [0, 0.05) is 16.6 Å². The van der Waals surface area contributed by atoms with Crippen molar-refractivity contribution in [2.75, 3.05) is 13.3 Å². The molecular formula is C9H11Cl2NO. The van der Waals surface area contributed by atoms with Crippen LogP contribution in [0.15, 0.2) is 18.2 Å². The molecule has 0 atom stereocenters. The van der Waals surface area contributed by atoms with E-state index in [1.54, 1.807) is 6.07 Å². The van der Waals surface area contributed by atoms with Gasteiger partial charge < -0.3 is 5.11 Å². The van der Waals surface area contributed by atoms with Gasteiger partial charge in [0.15, 0.2) is 0 Å². The van der Waals surface area contributed by atoms with Crippen molar-refractivity contribution in [3.8, 4) is 0 Å². The van der Waals surface area contributed by atoms with Crippen LogP contribution in [0.25, 0.3) is 0 Å². The third kappa shape index (κ3) is 3.53. The van der Waals surface area contributed by atoms with Crippen LogP contribution in [0, 0.1) is 0 Å². The SMILES string of the molecule is OCNCCc1ccc(Cl)cc1Cl. The van der Waals surface area contributed by atoms with Crippen LogP contribution in [0.4, 0.5) is 0 Å². The lowest BCUT2D eigenvalue weighted by molar-refractivity contribution is 0.262. The van der Waals surface area contributed by atoms with Crippen molar-refractivity contribution < 1.29 is 5.11 Å². The maximum absolute atomic E-state index is 8.49. The van der Waals surface area contributed by atoms with Crippen molar-refractivity contribution >= 4 is 23.2 Å². The first-order valence-corrected chi connectivity index (χ1v) is 4.75. The van der Waals surface area contributed by atoms with Crippen molar-refractivity contribution in [3.05, 3.63) is 33.8 Å². The van der Waals surface area contributed by atoms with E-state index in [1.165, 1.54) is 0 Å². The molecule has 0 unspecified atom stereocenters. The van der Waals surface area contributed by atoms with Gasteiger partial charge in [-0.1, -0.05) is 29.3 Å². The van der Waals surface area contributed by atoms with Gasteiger partial charge in [0.1, 0.15) is 0 Å². The molecule has 0 bridgehead atoms. The number of benzene rings is 1. The lowest BCUT2D eigenvalue weighted by Gasteiger charge is -2.04. The summed E-state index contributed by atoms with van der Waals surface area (Å²) >= 11 is 11.7. The molecule has 0 aliphatic rings. The van der Waals surface area contributed by atoms with Crippen LogP contribution in [0.2, 0.25) is 10.0 Å². The summed E-state index contributed by atoms with van der Waals surface area (Å²) in [6.07, 6.45) is 0.788. The number of hydrogen-bond donors (Lipinski definition) is 2. The van der Waals surface area contributed by atoms with Gasteiger partial charge in [0.25, 0.3) is 0 Å². The fourth-order valence-corrected chi connectivity index (χ4v) is 1.53. The third-order valence-electron chi connectivity index (χ3n) is 1.70. The maximum atomic E-state index is 8.49. The van der Waals surface area contributed by atoms with E-state index in [0.717, 1.165) is 12.0 Å². The van der Waals surface area contributed by atoms with Crippen LogP contribution in [0.1, 0.15) is 5.56 Å². The smallest absolute Gasteiger partial charge is 0.0931 e. The fraction of sp³-hybridized carbons (Fsp3) is 0.333. The number of nitrogens with one attached hydrogen (secondary N) is 1. The van der Waals surface area contributed by atoms with Gasteiger partial charge in [-0.3, -0.25) is 5.32 Å². The maximum Gasteiger partial charge on any atom is 0.0931 e. The van der Waals surface area contributed by atoms with E-state index in [1.807, 2.05) is 12.1 Å². The molecule has 1 aromatic carbocycles. The van der Waals surface area contributed by atoms with E-state index in [0.29, 0.717) is 16.6 Å². The fourth-order valence-electron chi connectivity index (χ4n) is 1.03. The molecule has 0 aliphatic carbocycles. The summed E-state index contributed by atoms with van der Waals surface area (Å²) in [5.74, 6) is 0. The Bertz CT molecular complexity index is 278. The van der Waals surface area contributed by atoms with Crippen LogP contribution in [-0.4, -0.2) is 18.4 Å². The van der Waals surface area contributed by atoms with E-state index in [4.69, 9.17) is 28.3 Å². The molecule has 2 nitrogen and oxygen atoms in total. The molecule has 0 aromatic heterocycles. The minimum absolute atomic E-state index is 0.00872. The zero-order valence-corrected chi connectivity index (χ0v) is 8.57. The molecule has 0 spiro atoms. The van der Waals surface area contributed by atoms with Crippen molar-refractivity contribution in [1.29, 1.82) is 0 Å². The number of halogens is 2. The second-order valence-electron chi connectivity index (χ2n) is 2.64. The predicted octanol–water partition coefficient (Wildman–Crippen LogP) is 2.08. The average Bonchev–Trinajstić information content (AvgIpc) is 2.09. The summed E-state index contributed by atoms with van der Waals surface area (Å²) in [7, 11) is 0. The number of aliphatic hydroxyl groups excluding tert-OH is 1. The molecule has 1 rings (SSSR count). The molecule has 0 amide bonds. The second-order valence-corrected chi connectivity index (χ2v) is 3.49. The number of aliphatic hydroxyl groups is 1. The zero-order valence-electron chi connectivity index (χ0n) is 7.06. The molecule has 0 aliphatic heterocycles. The Morgan fingerprint density at radius 2 is 2.08 bits per heavy atom. The Kier molecular flexibility index (Phi) is 4.53. The molecule has 2 N–H and O–H groups in total. The van der Waals surface area contributed by atoms with Crippen LogP contribution < -0.4 is 5.32 Å². The highest BCUT2D eigenvalue weighted by Gasteiger charge is 1.99. The minimum atomic E-state index is -0.00872. The van der Waals surface area contributed by atoms with E-state index in [-0.39, 0.29) is 6.73 Å². The summed E-state index contributed by atoms with van der Waals surface area (Å²) in [6, 6.07) is 5.42. The Morgan fingerprint density at radius 1 is 1.31 bits per heavy atom. The predicted molar refractivity (Wildman–Crippen MR) is 55.3 cm³/mol. The summed E-state index contributed by atoms with van der Waals surface area (Å²) in [5.41, 5.74) is 1.03. The summed E-state index contributed by atoms with van der Waals surface area (Å²) in [5, 5.41) is 12.6. The summed E-state index contributed by atoms with van der Waals surface area (Å²) in [6.45, 7) is 0.697. The van der Waals surface area contributed by atoms with Gasteiger partial charge in [-0.2, -0.15) is 0 Å². The topological polar surface area (TPSA) is 32.3 Å². The zero-order chi connectivity index (χ0) is 9.68. The summed E-state index contributed by atoms with van der Waals surface area (Å²) < 4.78 is 0. The van der Waals surface area contributed by atoms with Crippen molar-refractivity contribution in [2.45, 2.75) is 6.42 Å². The molecule has 0 saturated heterocycles. The van der Waals surface area contributed by atoms with Gasteiger partial charge in [0.05, 0.1) is 6.73 Å². The summed E-state index contributed by atoms with van der Waals surface area (Å²) in [4.78, 5) is 0. The highest BCUT2D eigenvalue weighted by Crippen LogP contribution is 2.20. The molecule has 0 radical (unpaired) electrons. The Hall–Kier alpha value is -0.280. The first kappa shape index (κ1) is 10.8. The van der Waals surface area contributed by atoms with Gasteiger partial charge in [-0.05, 0) is 24.1 Å². The molecule has 0 fully saturated rings. The molecular weight excluding hydrogens is 209 g/mol. The highest BCUT2D eigenvalue weighted by molar-refractivity contribution is 6.35. The van der Waals surface area contributed by atoms with Crippen LogP contribution in [0.5, 0.6) is 0 Å². The number of rotatable bonds is 4. The van der Waals surface area contributed by atoms with Gasteiger partial charge >= 0.3 is 0 Å². The van der Waals surface area contributed by atoms with Gasteiger partial charge in [0.2, 0.25) is 0 Å². The second kappa shape index (κ2) is 5.45. The van der Waals surface area contributed by atoms with Crippen LogP contribution >= 0.6 is 23.2 Å². The van der Waals surface area contributed by atoms with Crippen molar-refractivity contribution in [3.63, 3.8) is 0 Å². The van der Waals surface area contributed by atoms with E-state index in [9.17, 15) is 0 Å². The lowest BCUT2D eigenvalue weighted by Crippen LogP contribution is -2.17. The largest absolute Gasteiger partial charge is 0.381 e.